The summed E-state index contributed by atoms with van der Waals surface area (Å²) in [4.78, 5) is 11.0. The molecule has 86 valence electrons. The molecule has 0 aliphatic carbocycles. The summed E-state index contributed by atoms with van der Waals surface area (Å²) in [5.74, 6) is -1.36. The molecule has 0 saturated heterocycles. The first-order valence-electron chi connectivity index (χ1n) is 4.84. The van der Waals surface area contributed by atoms with Crippen LogP contribution < -0.4 is 0 Å². The van der Waals surface area contributed by atoms with Gasteiger partial charge in [-0.3, -0.25) is 4.79 Å². The van der Waals surface area contributed by atoms with Gasteiger partial charge in [0.25, 0.3) is 5.24 Å². The molecule has 17 heavy (non-hydrogen) atoms. The fraction of sp³-hybridized carbons (Fsp3) is 0. The highest BCUT2D eigenvalue weighted by atomic mass is 35.5. The van der Waals surface area contributed by atoms with Crippen LogP contribution in [0.25, 0.3) is 11.1 Å². The normalized spacial score (nSPS) is 10.3. The number of rotatable bonds is 2. The van der Waals surface area contributed by atoms with E-state index in [0.717, 1.165) is 0 Å². The second kappa shape index (κ2) is 4.63. The van der Waals surface area contributed by atoms with Gasteiger partial charge in [0.05, 0.1) is 5.56 Å². The molecular formula is C13H7ClF2O. The lowest BCUT2D eigenvalue weighted by Crippen LogP contribution is -1.97. The van der Waals surface area contributed by atoms with E-state index >= 15 is 0 Å². The van der Waals surface area contributed by atoms with Gasteiger partial charge in [-0.1, -0.05) is 30.3 Å². The van der Waals surface area contributed by atoms with E-state index in [4.69, 9.17) is 11.6 Å². The zero-order chi connectivity index (χ0) is 12.4. The Balaban J connectivity index is 2.65. The Labute approximate surface area is 102 Å². The van der Waals surface area contributed by atoms with Gasteiger partial charge in [-0.25, -0.2) is 8.78 Å². The Kier molecular flexibility index (Phi) is 3.20. The van der Waals surface area contributed by atoms with Crippen molar-refractivity contribution in [3.63, 3.8) is 0 Å². The van der Waals surface area contributed by atoms with Crippen LogP contribution in [0.2, 0.25) is 0 Å². The lowest BCUT2D eigenvalue weighted by atomic mass is 10.0. The van der Waals surface area contributed by atoms with Crippen molar-refractivity contribution in [3.05, 3.63) is 59.7 Å². The van der Waals surface area contributed by atoms with E-state index in [9.17, 15) is 13.6 Å². The third-order valence-electron chi connectivity index (χ3n) is 2.37. The largest absolute Gasteiger partial charge is 0.275 e. The van der Waals surface area contributed by atoms with Crippen LogP contribution in [0, 0.1) is 11.6 Å². The van der Waals surface area contributed by atoms with Gasteiger partial charge >= 0.3 is 0 Å². The maximum atomic E-state index is 13.9. The quantitative estimate of drug-likeness (QED) is 0.738. The summed E-state index contributed by atoms with van der Waals surface area (Å²) in [7, 11) is 0. The van der Waals surface area contributed by atoms with Crippen LogP contribution in [0.5, 0.6) is 0 Å². The van der Waals surface area contributed by atoms with Gasteiger partial charge in [-0.05, 0) is 23.7 Å². The summed E-state index contributed by atoms with van der Waals surface area (Å²) in [6, 6.07) is 9.88. The molecule has 2 aromatic rings. The number of hydrogen-bond acceptors (Lipinski definition) is 1. The fourth-order valence-corrected chi connectivity index (χ4v) is 1.72. The third kappa shape index (κ3) is 2.19. The molecule has 0 aromatic heterocycles. The molecule has 0 unspecified atom stereocenters. The van der Waals surface area contributed by atoms with Crippen molar-refractivity contribution >= 4 is 16.8 Å². The Hall–Kier alpha value is -1.74. The summed E-state index contributed by atoms with van der Waals surface area (Å²) in [5.41, 5.74) is -0.133. The van der Waals surface area contributed by atoms with Crippen LogP contribution in [-0.4, -0.2) is 5.24 Å². The van der Waals surface area contributed by atoms with Crippen molar-refractivity contribution in [2.45, 2.75) is 0 Å². The Bertz CT molecular complexity index is 581. The van der Waals surface area contributed by atoms with Gasteiger partial charge in [0.15, 0.2) is 0 Å². The molecule has 2 rings (SSSR count). The lowest BCUT2D eigenvalue weighted by Gasteiger charge is -2.06. The van der Waals surface area contributed by atoms with Crippen molar-refractivity contribution in [1.82, 2.24) is 0 Å². The summed E-state index contributed by atoms with van der Waals surface area (Å²) < 4.78 is 27.4. The van der Waals surface area contributed by atoms with Crippen LogP contribution in [0.3, 0.4) is 0 Å². The molecule has 0 aliphatic heterocycles. The summed E-state index contributed by atoms with van der Waals surface area (Å²) in [6.45, 7) is 0. The second-order valence-corrected chi connectivity index (χ2v) is 3.76. The van der Waals surface area contributed by atoms with E-state index in [0.29, 0.717) is 0 Å². The predicted octanol–water partition coefficient (Wildman–Crippen LogP) is 4.01. The average molecular weight is 253 g/mol. The van der Waals surface area contributed by atoms with E-state index in [1.165, 1.54) is 36.4 Å². The Morgan fingerprint density at radius 2 is 1.59 bits per heavy atom. The Morgan fingerprint density at radius 3 is 2.24 bits per heavy atom. The molecule has 0 spiro atoms. The van der Waals surface area contributed by atoms with Gasteiger partial charge in [0, 0.05) is 11.1 Å². The smallest absolute Gasteiger partial charge is 0.255 e. The summed E-state index contributed by atoms with van der Waals surface area (Å²) in [5, 5.41) is -0.902. The highest BCUT2D eigenvalue weighted by Crippen LogP contribution is 2.27. The van der Waals surface area contributed by atoms with Gasteiger partial charge < -0.3 is 0 Å². The molecule has 0 radical (unpaired) electrons. The molecule has 1 nitrogen and oxygen atoms in total. The van der Waals surface area contributed by atoms with E-state index < -0.39 is 16.9 Å². The SMILES string of the molecule is O=C(Cl)c1cccc(-c2ccccc2F)c1F. The minimum absolute atomic E-state index is 0.0228. The zero-order valence-corrected chi connectivity index (χ0v) is 9.34. The standard InChI is InChI=1S/C13H7ClF2O/c14-13(17)10-6-3-5-9(12(10)16)8-4-1-2-7-11(8)15/h1-7H. The molecule has 0 amide bonds. The second-order valence-electron chi connectivity index (χ2n) is 3.42. The molecule has 0 aliphatic rings. The molecule has 0 atom stereocenters. The number of benzene rings is 2. The van der Waals surface area contributed by atoms with Crippen molar-refractivity contribution in [2.75, 3.05) is 0 Å². The minimum Gasteiger partial charge on any atom is -0.275 e. The van der Waals surface area contributed by atoms with Gasteiger partial charge in [-0.15, -0.1) is 0 Å². The van der Waals surface area contributed by atoms with Gasteiger partial charge in [0.2, 0.25) is 0 Å². The van der Waals surface area contributed by atoms with E-state index in [1.807, 2.05) is 0 Å². The van der Waals surface area contributed by atoms with Gasteiger partial charge in [-0.2, -0.15) is 0 Å². The molecule has 0 saturated carbocycles. The monoisotopic (exact) mass is 252 g/mol. The first kappa shape index (κ1) is 11.7. The number of hydrogen-bond donors (Lipinski definition) is 0. The first-order chi connectivity index (χ1) is 8.11. The van der Waals surface area contributed by atoms with Crippen LogP contribution in [0.15, 0.2) is 42.5 Å². The molecular weight excluding hydrogens is 246 g/mol. The van der Waals surface area contributed by atoms with Crippen LogP contribution in [-0.2, 0) is 0 Å². The molecule has 0 fully saturated rings. The molecule has 4 heteroatoms. The molecule has 0 heterocycles. The van der Waals surface area contributed by atoms with Gasteiger partial charge in [0.1, 0.15) is 11.6 Å². The van der Waals surface area contributed by atoms with Crippen molar-refractivity contribution in [3.8, 4) is 11.1 Å². The summed E-state index contributed by atoms with van der Waals surface area (Å²) in [6.07, 6.45) is 0. The van der Waals surface area contributed by atoms with Crippen molar-refractivity contribution < 1.29 is 13.6 Å². The molecule has 2 aromatic carbocycles. The Morgan fingerprint density at radius 1 is 0.941 bits per heavy atom. The van der Waals surface area contributed by atoms with Crippen LogP contribution >= 0.6 is 11.6 Å². The number of carbonyl (C=O) groups excluding carboxylic acids is 1. The highest BCUT2D eigenvalue weighted by Gasteiger charge is 2.15. The lowest BCUT2D eigenvalue weighted by molar-refractivity contribution is 0.107. The third-order valence-corrected chi connectivity index (χ3v) is 2.58. The fourth-order valence-electron chi connectivity index (χ4n) is 1.57. The van der Waals surface area contributed by atoms with Crippen molar-refractivity contribution in [2.24, 2.45) is 0 Å². The average Bonchev–Trinajstić information content (AvgIpc) is 2.30. The van der Waals surface area contributed by atoms with Crippen molar-refractivity contribution in [1.29, 1.82) is 0 Å². The number of carbonyl (C=O) groups is 1. The van der Waals surface area contributed by atoms with E-state index in [2.05, 4.69) is 0 Å². The molecule has 0 N–H and O–H groups in total. The minimum atomic E-state index is -0.902. The van der Waals surface area contributed by atoms with Crippen LogP contribution in [0.1, 0.15) is 10.4 Å². The van der Waals surface area contributed by atoms with E-state index in [-0.39, 0.29) is 16.7 Å². The van der Waals surface area contributed by atoms with E-state index in [1.54, 1.807) is 6.07 Å². The zero-order valence-electron chi connectivity index (χ0n) is 8.58. The predicted molar refractivity (Wildman–Crippen MR) is 62.0 cm³/mol. The number of halogens is 3. The molecule has 0 bridgehead atoms. The summed E-state index contributed by atoms with van der Waals surface area (Å²) >= 11 is 5.24. The van der Waals surface area contributed by atoms with Crippen LogP contribution in [0.4, 0.5) is 8.78 Å². The first-order valence-corrected chi connectivity index (χ1v) is 5.22. The maximum Gasteiger partial charge on any atom is 0.255 e. The highest BCUT2D eigenvalue weighted by molar-refractivity contribution is 6.67. The topological polar surface area (TPSA) is 17.1 Å². The maximum absolute atomic E-state index is 13.9.